The monoisotopic (exact) mass is 273 g/mol. The van der Waals surface area contributed by atoms with E-state index in [0.717, 1.165) is 6.54 Å². The zero-order valence-corrected chi connectivity index (χ0v) is 11.3. The van der Waals surface area contributed by atoms with Gasteiger partial charge in [-0.15, -0.1) is 11.3 Å². The van der Waals surface area contributed by atoms with Crippen molar-refractivity contribution < 1.29 is 0 Å². The number of rotatable bonds is 3. The van der Waals surface area contributed by atoms with Gasteiger partial charge in [0.05, 0.1) is 3.79 Å². The topological polar surface area (TPSA) is 12.0 Å². The quantitative estimate of drug-likeness (QED) is 0.890. The Morgan fingerprint density at radius 1 is 1.50 bits per heavy atom. The molecule has 3 heteroatoms. The second-order valence-corrected chi connectivity index (χ2v) is 7.24. The first kappa shape index (κ1) is 10.7. The molecule has 1 saturated carbocycles. The fraction of sp³-hybridized carbons (Fsp3) is 0.636. The summed E-state index contributed by atoms with van der Waals surface area (Å²) in [7, 11) is 2.04. The minimum atomic E-state index is 0.387. The van der Waals surface area contributed by atoms with E-state index >= 15 is 0 Å². The lowest BCUT2D eigenvalue weighted by atomic mass is 9.94. The Kier molecular flexibility index (Phi) is 2.53. The standard InChI is InChI=1S/C11H16BrNS/c1-10(2)6-11(10,7-13-3)8-4-5-9(12)14-8/h4-5,13H,6-7H2,1-3H3. The van der Waals surface area contributed by atoms with Crippen molar-refractivity contribution in [3.63, 3.8) is 0 Å². The summed E-state index contributed by atoms with van der Waals surface area (Å²) >= 11 is 5.42. The first-order chi connectivity index (χ1) is 6.52. The van der Waals surface area contributed by atoms with Crippen LogP contribution in [0.4, 0.5) is 0 Å². The molecule has 14 heavy (non-hydrogen) atoms. The van der Waals surface area contributed by atoms with Crippen molar-refractivity contribution in [1.29, 1.82) is 0 Å². The van der Waals surface area contributed by atoms with E-state index in [1.165, 1.54) is 15.1 Å². The molecule has 0 radical (unpaired) electrons. The van der Waals surface area contributed by atoms with Gasteiger partial charge in [-0.1, -0.05) is 13.8 Å². The number of nitrogens with one attached hydrogen (secondary N) is 1. The molecule has 1 unspecified atom stereocenters. The Hall–Kier alpha value is 0.140. The molecular formula is C11H16BrNS. The number of likely N-dealkylation sites (N-methyl/N-ethyl adjacent to an activating group) is 1. The Morgan fingerprint density at radius 2 is 2.14 bits per heavy atom. The number of hydrogen-bond donors (Lipinski definition) is 1. The molecule has 1 atom stereocenters. The van der Waals surface area contributed by atoms with E-state index in [9.17, 15) is 0 Å². The molecular weight excluding hydrogens is 258 g/mol. The summed E-state index contributed by atoms with van der Waals surface area (Å²) in [5, 5.41) is 3.33. The first-order valence-corrected chi connectivity index (χ1v) is 6.53. The molecule has 1 N–H and O–H groups in total. The highest BCUT2D eigenvalue weighted by Gasteiger charge is 2.62. The molecule has 1 aliphatic carbocycles. The van der Waals surface area contributed by atoms with E-state index in [2.05, 4.69) is 47.2 Å². The van der Waals surface area contributed by atoms with Crippen molar-refractivity contribution in [1.82, 2.24) is 5.32 Å². The van der Waals surface area contributed by atoms with E-state index in [4.69, 9.17) is 0 Å². The van der Waals surface area contributed by atoms with E-state index < -0.39 is 0 Å². The van der Waals surface area contributed by atoms with E-state index in [1.54, 1.807) is 0 Å². The number of thiophene rings is 1. The van der Waals surface area contributed by atoms with Gasteiger partial charge in [-0.3, -0.25) is 0 Å². The van der Waals surface area contributed by atoms with Gasteiger partial charge in [0.1, 0.15) is 0 Å². The van der Waals surface area contributed by atoms with Crippen LogP contribution >= 0.6 is 27.3 Å². The van der Waals surface area contributed by atoms with Gasteiger partial charge in [0.15, 0.2) is 0 Å². The third-order valence-electron chi connectivity index (χ3n) is 3.44. The molecule has 0 spiro atoms. The molecule has 78 valence electrons. The van der Waals surface area contributed by atoms with Crippen LogP contribution in [-0.4, -0.2) is 13.6 Å². The Balaban J connectivity index is 2.30. The van der Waals surface area contributed by atoms with Gasteiger partial charge in [0.2, 0.25) is 0 Å². The molecule has 1 fully saturated rings. The van der Waals surface area contributed by atoms with Crippen LogP contribution in [0.1, 0.15) is 25.1 Å². The third kappa shape index (κ3) is 1.46. The van der Waals surface area contributed by atoms with Crippen LogP contribution in [0.15, 0.2) is 15.9 Å². The van der Waals surface area contributed by atoms with Gasteiger partial charge in [0, 0.05) is 16.8 Å². The Bertz CT molecular complexity index is 345. The van der Waals surface area contributed by atoms with Crippen LogP contribution in [0.3, 0.4) is 0 Å². The fourth-order valence-corrected chi connectivity index (χ4v) is 4.15. The lowest BCUT2D eigenvalue weighted by Gasteiger charge is -2.18. The number of halogens is 1. The minimum absolute atomic E-state index is 0.387. The van der Waals surface area contributed by atoms with E-state index in [0.29, 0.717) is 10.8 Å². The van der Waals surface area contributed by atoms with Crippen molar-refractivity contribution >= 4 is 27.3 Å². The summed E-state index contributed by atoms with van der Waals surface area (Å²) in [5.41, 5.74) is 0.846. The maximum Gasteiger partial charge on any atom is 0.0701 e. The average Bonchev–Trinajstić information content (AvgIpc) is 2.46. The molecule has 1 nitrogen and oxygen atoms in total. The second kappa shape index (κ2) is 3.32. The third-order valence-corrected chi connectivity index (χ3v) is 5.27. The molecule has 2 rings (SSSR count). The van der Waals surface area contributed by atoms with Gasteiger partial charge >= 0.3 is 0 Å². The highest BCUT2D eigenvalue weighted by Crippen LogP contribution is 2.65. The maximum absolute atomic E-state index is 3.54. The Labute approximate surface area is 98.0 Å². The molecule has 0 amide bonds. The molecule has 1 aliphatic rings. The molecule has 0 aliphatic heterocycles. The fourth-order valence-electron chi connectivity index (χ4n) is 2.39. The van der Waals surface area contributed by atoms with E-state index in [1.807, 2.05) is 18.4 Å². The normalized spacial score (nSPS) is 29.1. The molecule has 1 aromatic rings. The Morgan fingerprint density at radius 3 is 2.50 bits per heavy atom. The van der Waals surface area contributed by atoms with Crippen molar-refractivity contribution in [3.8, 4) is 0 Å². The summed E-state index contributed by atoms with van der Waals surface area (Å²) in [6, 6.07) is 4.42. The zero-order chi connectivity index (χ0) is 10.4. The highest BCUT2D eigenvalue weighted by atomic mass is 79.9. The van der Waals surface area contributed by atoms with Gasteiger partial charge < -0.3 is 5.32 Å². The van der Waals surface area contributed by atoms with Crippen LogP contribution in [0.2, 0.25) is 0 Å². The van der Waals surface area contributed by atoms with Crippen molar-refractivity contribution in [2.45, 2.75) is 25.7 Å². The summed E-state index contributed by atoms with van der Waals surface area (Å²) in [6.45, 7) is 5.81. The van der Waals surface area contributed by atoms with Gasteiger partial charge in [0.25, 0.3) is 0 Å². The zero-order valence-electron chi connectivity index (χ0n) is 8.86. The average molecular weight is 274 g/mol. The predicted molar refractivity (Wildman–Crippen MR) is 66.0 cm³/mol. The van der Waals surface area contributed by atoms with Gasteiger partial charge in [-0.25, -0.2) is 0 Å². The van der Waals surface area contributed by atoms with Gasteiger partial charge in [-0.05, 0) is 46.9 Å². The maximum atomic E-state index is 3.54. The molecule has 1 aromatic heterocycles. The van der Waals surface area contributed by atoms with E-state index in [-0.39, 0.29) is 0 Å². The number of hydrogen-bond acceptors (Lipinski definition) is 2. The smallest absolute Gasteiger partial charge is 0.0701 e. The molecule has 0 aromatic carbocycles. The largest absolute Gasteiger partial charge is 0.319 e. The van der Waals surface area contributed by atoms with Crippen LogP contribution in [0.5, 0.6) is 0 Å². The van der Waals surface area contributed by atoms with Crippen molar-refractivity contribution in [3.05, 3.63) is 20.8 Å². The van der Waals surface area contributed by atoms with Crippen LogP contribution in [0.25, 0.3) is 0 Å². The first-order valence-electron chi connectivity index (χ1n) is 4.92. The minimum Gasteiger partial charge on any atom is -0.319 e. The van der Waals surface area contributed by atoms with Crippen molar-refractivity contribution in [2.24, 2.45) is 5.41 Å². The summed E-state index contributed by atoms with van der Waals surface area (Å²) in [6.07, 6.45) is 1.30. The molecule has 0 bridgehead atoms. The van der Waals surface area contributed by atoms with Crippen molar-refractivity contribution in [2.75, 3.05) is 13.6 Å². The lowest BCUT2D eigenvalue weighted by Crippen LogP contribution is -2.27. The van der Waals surface area contributed by atoms with Crippen LogP contribution in [-0.2, 0) is 5.41 Å². The summed E-state index contributed by atoms with van der Waals surface area (Å²) in [5.74, 6) is 0. The molecule has 0 saturated heterocycles. The van der Waals surface area contributed by atoms with Crippen LogP contribution < -0.4 is 5.32 Å². The summed E-state index contributed by atoms with van der Waals surface area (Å²) < 4.78 is 1.24. The highest BCUT2D eigenvalue weighted by molar-refractivity contribution is 9.11. The second-order valence-electron chi connectivity index (χ2n) is 4.78. The van der Waals surface area contributed by atoms with Crippen LogP contribution in [0, 0.1) is 5.41 Å². The molecule has 1 heterocycles. The van der Waals surface area contributed by atoms with Gasteiger partial charge in [-0.2, -0.15) is 0 Å². The summed E-state index contributed by atoms with van der Waals surface area (Å²) in [4.78, 5) is 1.52. The lowest BCUT2D eigenvalue weighted by molar-refractivity contribution is 0.482. The predicted octanol–water partition coefficient (Wildman–Crippen LogP) is 3.40. The SMILES string of the molecule is CNCC1(c2ccc(Br)s2)CC1(C)C.